The van der Waals surface area contributed by atoms with Crippen LogP contribution in [-0.4, -0.2) is 52.7 Å². The molecule has 9 heteroatoms. The fourth-order valence-electron chi connectivity index (χ4n) is 5.83. The van der Waals surface area contributed by atoms with Crippen LogP contribution in [0.2, 0.25) is 0 Å². The molecule has 3 heterocycles. The first kappa shape index (κ1) is 27.4. The van der Waals surface area contributed by atoms with Gasteiger partial charge in [-0.15, -0.1) is 11.3 Å². The van der Waals surface area contributed by atoms with Crippen molar-refractivity contribution in [2.24, 2.45) is 0 Å². The molecule has 2 amide bonds. The number of hydrogen-bond acceptors (Lipinski definition) is 6. The highest BCUT2D eigenvalue weighted by Gasteiger charge is 2.48. The quantitative estimate of drug-likeness (QED) is 0.345. The highest BCUT2D eigenvalue weighted by Crippen LogP contribution is 2.41. The van der Waals surface area contributed by atoms with Crippen LogP contribution < -0.4 is 19.5 Å². The van der Waals surface area contributed by atoms with Gasteiger partial charge in [0.2, 0.25) is 11.7 Å². The molecule has 2 aliphatic rings. The fourth-order valence-corrected chi connectivity index (χ4v) is 6.65. The van der Waals surface area contributed by atoms with Crippen LogP contribution in [-0.2, 0) is 17.9 Å². The Morgan fingerprint density at radius 1 is 1.03 bits per heavy atom. The zero-order chi connectivity index (χ0) is 27.6. The van der Waals surface area contributed by atoms with E-state index in [-0.39, 0.29) is 24.4 Å². The lowest BCUT2D eigenvalue weighted by atomic mass is 9.91. The summed E-state index contributed by atoms with van der Waals surface area (Å²) >= 11 is 1.61. The van der Waals surface area contributed by atoms with Crippen LogP contribution in [0.25, 0.3) is 10.2 Å². The number of nitrogens with zero attached hydrogens (tertiary/aromatic N) is 2. The summed E-state index contributed by atoms with van der Waals surface area (Å²) in [5.41, 5.74) is 1.35. The lowest BCUT2D eigenvalue weighted by Gasteiger charge is -2.45. The molecule has 0 bridgehead atoms. The number of thiophene rings is 1. The molecule has 0 radical (unpaired) electrons. The third-order valence-electron chi connectivity index (χ3n) is 7.79. The molecule has 0 unspecified atom stereocenters. The Balaban J connectivity index is 1.55. The van der Waals surface area contributed by atoms with Crippen molar-refractivity contribution in [2.45, 2.75) is 84.5 Å². The van der Waals surface area contributed by atoms with Crippen LogP contribution in [0.15, 0.2) is 29.6 Å². The van der Waals surface area contributed by atoms with Crippen molar-refractivity contribution < 1.29 is 23.8 Å². The van der Waals surface area contributed by atoms with Gasteiger partial charge in [0.05, 0.1) is 36.6 Å². The number of benzene rings is 1. The molecule has 2 aromatic heterocycles. The summed E-state index contributed by atoms with van der Waals surface area (Å²) in [7, 11) is 0. The average molecular weight is 554 g/mol. The number of amides is 2. The van der Waals surface area contributed by atoms with E-state index in [2.05, 4.69) is 5.32 Å². The first-order chi connectivity index (χ1) is 18.9. The summed E-state index contributed by atoms with van der Waals surface area (Å²) in [6, 6.07) is 7.92. The van der Waals surface area contributed by atoms with Crippen LogP contribution in [0.4, 0.5) is 0 Å². The van der Waals surface area contributed by atoms with Crippen LogP contribution in [0.3, 0.4) is 0 Å². The maximum Gasteiger partial charge on any atom is 0.271 e. The Morgan fingerprint density at radius 3 is 2.33 bits per heavy atom. The van der Waals surface area contributed by atoms with Gasteiger partial charge in [0.15, 0.2) is 11.5 Å². The first-order valence-corrected chi connectivity index (χ1v) is 15.0. The molecule has 1 aliphatic heterocycles. The van der Waals surface area contributed by atoms with Gasteiger partial charge in [0, 0.05) is 12.6 Å². The van der Waals surface area contributed by atoms with Gasteiger partial charge in [-0.2, -0.15) is 0 Å². The van der Waals surface area contributed by atoms with Crippen molar-refractivity contribution in [2.75, 3.05) is 19.8 Å². The second-order valence-corrected chi connectivity index (χ2v) is 11.4. The first-order valence-electron chi connectivity index (χ1n) is 14.1. The molecule has 5 rings (SSSR count). The van der Waals surface area contributed by atoms with Gasteiger partial charge in [-0.05, 0) is 75.7 Å². The number of rotatable bonds is 10. The van der Waals surface area contributed by atoms with E-state index in [1.807, 2.05) is 61.9 Å². The molecule has 8 nitrogen and oxygen atoms in total. The summed E-state index contributed by atoms with van der Waals surface area (Å²) in [5, 5.41) is 5.33. The van der Waals surface area contributed by atoms with Crippen molar-refractivity contribution in [3.63, 3.8) is 0 Å². The third kappa shape index (κ3) is 5.21. The van der Waals surface area contributed by atoms with Crippen molar-refractivity contribution in [3.05, 3.63) is 40.9 Å². The minimum absolute atomic E-state index is 0.105. The van der Waals surface area contributed by atoms with E-state index < -0.39 is 5.54 Å². The minimum atomic E-state index is -1.08. The molecular formula is C30H39N3O5S. The van der Waals surface area contributed by atoms with E-state index >= 15 is 0 Å². The van der Waals surface area contributed by atoms with Crippen molar-refractivity contribution in [3.8, 4) is 17.2 Å². The highest BCUT2D eigenvalue weighted by molar-refractivity contribution is 7.17. The van der Waals surface area contributed by atoms with Crippen LogP contribution in [0.1, 0.15) is 75.9 Å². The summed E-state index contributed by atoms with van der Waals surface area (Å²) in [4.78, 5) is 29.9. The maximum absolute atomic E-state index is 14.1. The van der Waals surface area contributed by atoms with E-state index in [0.29, 0.717) is 49.3 Å². The lowest BCUT2D eigenvalue weighted by Crippen LogP contribution is -2.64. The molecule has 0 spiro atoms. The number of hydrogen-bond donors (Lipinski definition) is 1. The standard InChI is InChI=1S/C30H39N3O5S/c1-5-36-24-15-20(16-25(37-6-2)27(24)38-7-3)18-33-28(34)23-17-26-22(13-14-39-26)32(23)19-30(33,4)29(35)31-21-11-9-8-10-12-21/h13-17,21H,5-12,18-19H2,1-4H3,(H,31,35)/t30-/m1/s1. The third-order valence-corrected chi connectivity index (χ3v) is 8.64. The van der Waals surface area contributed by atoms with Gasteiger partial charge in [0.1, 0.15) is 11.2 Å². The molecule has 210 valence electrons. The van der Waals surface area contributed by atoms with Gasteiger partial charge >= 0.3 is 0 Å². The molecule has 1 aliphatic carbocycles. The van der Waals surface area contributed by atoms with E-state index in [4.69, 9.17) is 14.2 Å². The van der Waals surface area contributed by atoms with Gasteiger partial charge in [-0.1, -0.05) is 19.3 Å². The molecule has 39 heavy (non-hydrogen) atoms. The molecule has 1 N–H and O–H groups in total. The predicted molar refractivity (Wildman–Crippen MR) is 153 cm³/mol. The molecule has 1 atom stereocenters. The van der Waals surface area contributed by atoms with Crippen molar-refractivity contribution >= 4 is 33.4 Å². The number of carbonyl (C=O) groups excluding carboxylic acids is 2. The molecule has 0 saturated heterocycles. The Labute approximate surface area is 234 Å². The summed E-state index contributed by atoms with van der Waals surface area (Å²) in [5.74, 6) is 1.44. The molecular weight excluding hydrogens is 514 g/mol. The molecule has 1 saturated carbocycles. The second kappa shape index (κ2) is 11.5. The highest BCUT2D eigenvalue weighted by atomic mass is 32.1. The Morgan fingerprint density at radius 2 is 1.69 bits per heavy atom. The fraction of sp³-hybridized carbons (Fsp3) is 0.533. The number of carbonyl (C=O) groups is 2. The zero-order valence-electron chi connectivity index (χ0n) is 23.4. The Bertz CT molecular complexity index is 1310. The zero-order valence-corrected chi connectivity index (χ0v) is 24.2. The molecule has 3 aromatic rings. The predicted octanol–water partition coefficient (Wildman–Crippen LogP) is 5.76. The van der Waals surface area contributed by atoms with Crippen LogP contribution in [0, 0.1) is 0 Å². The smallest absolute Gasteiger partial charge is 0.271 e. The van der Waals surface area contributed by atoms with Gasteiger partial charge in [-0.3, -0.25) is 9.59 Å². The van der Waals surface area contributed by atoms with E-state index in [1.54, 1.807) is 16.2 Å². The Kier molecular flexibility index (Phi) is 8.07. The van der Waals surface area contributed by atoms with Crippen molar-refractivity contribution in [1.82, 2.24) is 14.8 Å². The van der Waals surface area contributed by atoms with E-state index in [9.17, 15) is 9.59 Å². The summed E-state index contributed by atoms with van der Waals surface area (Å²) in [6.45, 7) is 9.67. The van der Waals surface area contributed by atoms with Crippen LogP contribution in [0.5, 0.6) is 17.2 Å². The van der Waals surface area contributed by atoms with Gasteiger partial charge in [-0.25, -0.2) is 0 Å². The largest absolute Gasteiger partial charge is 0.490 e. The number of aromatic nitrogens is 1. The maximum atomic E-state index is 14.1. The monoisotopic (exact) mass is 553 g/mol. The van der Waals surface area contributed by atoms with E-state index in [1.165, 1.54) is 6.42 Å². The van der Waals surface area contributed by atoms with Gasteiger partial charge in [0.25, 0.3) is 5.91 Å². The average Bonchev–Trinajstić information content (AvgIpc) is 3.52. The van der Waals surface area contributed by atoms with Gasteiger partial charge < -0.3 is 29.0 Å². The Hall–Kier alpha value is -3.20. The number of fused-ring (bicyclic) bond motifs is 3. The van der Waals surface area contributed by atoms with Crippen LogP contribution >= 0.6 is 11.3 Å². The molecule has 1 fully saturated rings. The van der Waals surface area contributed by atoms with Crippen molar-refractivity contribution in [1.29, 1.82) is 0 Å². The lowest BCUT2D eigenvalue weighted by molar-refractivity contribution is -0.134. The second-order valence-electron chi connectivity index (χ2n) is 10.5. The molecule has 1 aromatic carbocycles. The SMILES string of the molecule is CCOc1cc(CN2C(=O)c3cc4sccc4n3C[C@]2(C)C(=O)NC2CCCCC2)cc(OCC)c1OCC. The summed E-state index contributed by atoms with van der Waals surface area (Å²) in [6.07, 6.45) is 5.41. The topological polar surface area (TPSA) is 82.0 Å². The number of nitrogens with one attached hydrogen (secondary N) is 1. The minimum Gasteiger partial charge on any atom is -0.490 e. The van der Waals surface area contributed by atoms with E-state index in [0.717, 1.165) is 41.5 Å². The number of ether oxygens (including phenoxy) is 3. The summed E-state index contributed by atoms with van der Waals surface area (Å²) < 4.78 is 20.8. The normalized spacial score (nSPS) is 19.7.